The molecule has 4 rings (SSSR count). The zero-order valence-corrected chi connectivity index (χ0v) is 16.9. The molecule has 2 aromatic heterocycles. The Bertz CT molecular complexity index is 1120. The maximum atomic E-state index is 12.2. The van der Waals surface area contributed by atoms with Gasteiger partial charge in [-0.25, -0.2) is 9.97 Å². The van der Waals surface area contributed by atoms with Gasteiger partial charge in [-0.15, -0.1) is 0 Å². The van der Waals surface area contributed by atoms with E-state index in [0.717, 1.165) is 29.2 Å². The van der Waals surface area contributed by atoms with Gasteiger partial charge in [0.2, 0.25) is 0 Å². The highest BCUT2D eigenvalue weighted by Gasteiger charge is 2.24. The lowest BCUT2D eigenvalue weighted by atomic mass is 10.2. The maximum Gasteiger partial charge on any atom is 0.265 e. The zero-order chi connectivity index (χ0) is 21.1. The molecule has 1 aromatic carbocycles. The molecular formula is C22H23N5O3. The molecular weight excluding hydrogens is 382 g/mol. The number of para-hydroxylation sites is 2. The van der Waals surface area contributed by atoms with Crippen molar-refractivity contribution in [2.24, 2.45) is 0 Å². The molecule has 3 aromatic rings. The molecule has 1 amide bonds. The number of amides is 1. The van der Waals surface area contributed by atoms with E-state index in [1.54, 1.807) is 18.0 Å². The predicted octanol–water partition coefficient (Wildman–Crippen LogP) is 2.68. The quantitative estimate of drug-likeness (QED) is 0.612. The minimum atomic E-state index is -0.140. The van der Waals surface area contributed by atoms with Crippen LogP contribution in [0.3, 0.4) is 0 Å². The molecule has 3 heterocycles. The number of aryl methyl sites for hydroxylation is 1. The summed E-state index contributed by atoms with van der Waals surface area (Å²) in [7, 11) is 0. The number of anilines is 2. The molecule has 2 N–H and O–H groups in total. The number of hydrogen-bond acceptors (Lipinski definition) is 6. The number of benzene rings is 1. The van der Waals surface area contributed by atoms with Gasteiger partial charge in [0.1, 0.15) is 17.4 Å². The van der Waals surface area contributed by atoms with Crippen molar-refractivity contribution in [3.8, 4) is 17.1 Å². The zero-order valence-electron chi connectivity index (χ0n) is 16.9. The van der Waals surface area contributed by atoms with E-state index in [-0.39, 0.29) is 18.1 Å². The highest BCUT2D eigenvalue weighted by molar-refractivity contribution is 5.97. The average Bonchev–Trinajstić information content (AvgIpc) is 2.76. The molecule has 0 saturated heterocycles. The van der Waals surface area contributed by atoms with Crippen molar-refractivity contribution in [2.75, 3.05) is 29.9 Å². The lowest BCUT2D eigenvalue weighted by Gasteiger charge is -2.29. The highest BCUT2D eigenvalue weighted by Crippen LogP contribution is 2.31. The first-order valence-electron chi connectivity index (χ1n) is 9.83. The Morgan fingerprint density at radius 2 is 2.00 bits per heavy atom. The number of nitrogens with one attached hydrogen (secondary N) is 2. The van der Waals surface area contributed by atoms with Crippen LogP contribution in [0.1, 0.15) is 17.7 Å². The molecule has 0 atom stereocenters. The molecule has 8 heteroatoms. The third-order valence-corrected chi connectivity index (χ3v) is 5.10. The summed E-state index contributed by atoms with van der Waals surface area (Å²) in [5.74, 6) is 1.93. The Morgan fingerprint density at radius 1 is 1.17 bits per heavy atom. The van der Waals surface area contributed by atoms with E-state index in [1.807, 2.05) is 43.3 Å². The van der Waals surface area contributed by atoms with Crippen molar-refractivity contribution in [1.29, 1.82) is 0 Å². The number of pyridine rings is 1. The minimum absolute atomic E-state index is 0.0361. The first-order valence-corrected chi connectivity index (χ1v) is 9.83. The van der Waals surface area contributed by atoms with Gasteiger partial charge < -0.3 is 19.9 Å². The number of fused-ring (bicyclic) bond motifs is 1. The molecule has 0 saturated carbocycles. The molecule has 154 valence electrons. The van der Waals surface area contributed by atoms with Gasteiger partial charge in [0.15, 0.2) is 6.61 Å². The maximum absolute atomic E-state index is 12.2. The second-order valence-electron chi connectivity index (χ2n) is 7.14. The molecule has 1 aliphatic heterocycles. The van der Waals surface area contributed by atoms with E-state index in [2.05, 4.69) is 20.3 Å². The van der Waals surface area contributed by atoms with E-state index in [1.165, 1.54) is 0 Å². The first kappa shape index (κ1) is 19.6. The van der Waals surface area contributed by atoms with Crippen LogP contribution in [-0.2, 0) is 4.79 Å². The van der Waals surface area contributed by atoms with Gasteiger partial charge in [0.05, 0.1) is 5.69 Å². The summed E-state index contributed by atoms with van der Waals surface area (Å²) in [5.41, 5.74) is 2.74. The summed E-state index contributed by atoms with van der Waals surface area (Å²) >= 11 is 0. The Morgan fingerprint density at radius 3 is 2.77 bits per heavy atom. The number of H-pyrrole nitrogens is 1. The van der Waals surface area contributed by atoms with Crippen LogP contribution >= 0.6 is 0 Å². The van der Waals surface area contributed by atoms with Crippen molar-refractivity contribution in [3.63, 3.8) is 0 Å². The molecule has 0 radical (unpaired) electrons. The standard InChI is InChI=1S/C22H23N5O3/c1-14-15(2)25-21(26-22(14)29)16-8-9-19(24-12-16)23-10-5-11-27-17-6-3-4-7-18(17)30-13-20(27)28/h3-4,6-9,12H,5,10-11,13H2,1-2H3,(H,23,24)(H,25,26,29). The number of nitrogens with zero attached hydrogens (tertiary/aromatic N) is 3. The van der Waals surface area contributed by atoms with Crippen LogP contribution < -0.4 is 20.5 Å². The van der Waals surface area contributed by atoms with E-state index >= 15 is 0 Å². The Kier molecular flexibility index (Phi) is 5.47. The van der Waals surface area contributed by atoms with E-state index in [4.69, 9.17) is 4.74 Å². The molecule has 8 nitrogen and oxygen atoms in total. The smallest absolute Gasteiger partial charge is 0.265 e. The van der Waals surface area contributed by atoms with E-state index in [9.17, 15) is 9.59 Å². The monoisotopic (exact) mass is 405 g/mol. The van der Waals surface area contributed by atoms with Gasteiger partial charge in [-0.3, -0.25) is 9.59 Å². The van der Waals surface area contributed by atoms with Crippen LogP contribution in [0.25, 0.3) is 11.4 Å². The fourth-order valence-corrected chi connectivity index (χ4v) is 3.27. The molecule has 0 fully saturated rings. The van der Waals surface area contributed by atoms with Gasteiger partial charge in [0.25, 0.3) is 11.5 Å². The number of aromatic nitrogens is 3. The second kappa shape index (κ2) is 8.36. The molecule has 1 aliphatic rings. The van der Waals surface area contributed by atoms with Crippen molar-refractivity contribution in [2.45, 2.75) is 20.3 Å². The highest BCUT2D eigenvalue weighted by atomic mass is 16.5. The third-order valence-electron chi connectivity index (χ3n) is 5.10. The lowest BCUT2D eigenvalue weighted by Crippen LogP contribution is -2.39. The number of carbonyl (C=O) groups is 1. The molecule has 0 spiro atoms. The van der Waals surface area contributed by atoms with Crippen LogP contribution in [0.15, 0.2) is 47.4 Å². The number of aromatic amines is 1. The predicted molar refractivity (Wildman–Crippen MR) is 115 cm³/mol. The third kappa shape index (κ3) is 4.03. The average molecular weight is 405 g/mol. The normalized spacial score (nSPS) is 13.0. The molecule has 30 heavy (non-hydrogen) atoms. The van der Waals surface area contributed by atoms with Crippen LogP contribution in [-0.4, -0.2) is 40.6 Å². The summed E-state index contributed by atoms with van der Waals surface area (Å²) in [5, 5.41) is 3.26. The minimum Gasteiger partial charge on any atom is -0.482 e. The summed E-state index contributed by atoms with van der Waals surface area (Å²) in [4.78, 5) is 37.5. The van der Waals surface area contributed by atoms with Gasteiger partial charge in [0, 0.05) is 36.1 Å². The van der Waals surface area contributed by atoms with E-state index in [0.29, 0.717) is 30.2 Å². The number of rotatable bonds is 6. The van der Waals surface area contributed by atoms with E-state index < -0.39 is 0 Å². The largest absolute Gasteiger partial charge is 0.482 e. The first-order chi connectivity index (χ1) is 14.5. The van der Waals surface area contributed by atoms with Gasteiger partial charge in [-0.05, 0) is 44.5 Å². The molecule has 0 aliphatic carbocycles. The number of ether oxygens (including phenoxy) is 1. The van der Waals surface area contributed by atoms with Crippen LogP contribution in [0.4, 0.5) is 11.5 Å². The fraction of sp³-hybridized carbons (Fsp3) is 0.273. The van der Waals surface area contributed by atoms with Crippen molar-refractivity contribution in [1.82, 2.24) is 15.0 Å². The SMILES string of the molecule is Cc1nc(-c2ccc(NCCCN3C(=O)COc4ccccc43)nc2)[nH]c(=O)c1C. The van der Waals surface area contributed by atoms with Crippen molar-refractivity contribution in [3.05, 3.63) is 64.2 Å². The van der Waals surface area contributed by atoms with Crippen LogP contribution in [0.5, 0.6) is 5.75 Å². The fourth-order valence-electron chi connectivity index (χ4n) is 3.27. The van der Waals surface area contributed by atoms with Crippen LogP contribution in [0, 0.1) is 13.8 Å². The van der Waals surface area contributed by atoms with Crippen molar-refractivity contribution >= 4 is 17.4 Å². The van der Waals surface area contributed by atoms with Crippen LogP contribution in [0.2, 0.25) is 0 Å². The second-order valence-corrected chi connectivity index (χ2v) is 7.14. The summed E-state index contributed by atoms with van der Waals surface area (Å²) in [6.07, 6.45) is 2.44. The molecule has 0 bridgehead atoms. The molecule has 0 unspecified atom stereocenters. The Balaban J connectivity index is 1.34. The van der Waals surface area contributed by atoms with Gasteiger partial charge in [-0.2, -0.15) is 0 Å². The number of hydrogen-bond donors (Lipinski definition) is 2. The number of carbonyl (C=O) groups excluding carboxylic acids is 1. The Hall–Kier alpha value is -3.68. The topological polar surface area (TPSA) is 100 Å². The van der Waals surface area contributed by atoms with Gasteiger partial charge >= 0.3 is 0 Å². The lowest BCUT2D eigenvalue weighted by molar-refractivity contribution is -0.121. The van der Waals surface area contributed by atoms with Crippen molar-refractivity contribution < 1.29 is 9.53 Å². The summed E-state index contributed by atoms with van der Waals surface area (Å²) < 4.78 is 5.47. The van der Waals surface area contributed by atoms with Gasteiger partial charge in [-0.1, -0.05) is 12.1 Å². The summed E-state index contributed by atoms with van der Waals surface area (Å²) in [6, 6.07) is 11.3. The Labute approximate surface area is 173 Å². The summed E-state index contributed by atoms with van der Waals surface area (Å²) in [6.45, 7) is 4.90.